The Balaban J connectivity index is 0.843. The van der Waals surface area contributed by atoms with Gasteiger partial charge in [0.05, 0.1) is 44.3 Å². The molecule has 0 radical (unpaired) electrons. The average Bonchev–Trinajstić information content (AvgIpc) is 3.78. The van der Waals surface area contributed by atoms with Gasteiger partial charge in [0.15, 0.2) is 0 Å². The van der Waals surface area contributed by atoms with Crippen LogP contribution in [-0.2, 0) is 33.3 Å². The van der Waals surface area contributed by atoms with Crippen LogP contribution in [0.5, 0.6) is 0 Å². The fourth-order valence-electron chi connectivity index (χ4n) is 10.7. The lowest BCUT2D eigenvalue weighted by Gasteiger charge is -2.36. The zero-order valence-electron chi connectivity index (χ0n) is 36.0. The Morgan fingerprint density at radius 1 is 0.855 bits per heavy atom. The maximum atomic E-state index is 14.2. The fraction of sp³-hybridized carbons (Fsp3) is 0.551. The molecule has 5 fully saturated rings. The summed E-state index contributed by atoms with van der Waals surface area (Å²) >= 11 is 0. The van der Waals surface area contributed by atoms with E-state index in [4.69, 9.17) is 28.9 Å². The minimum absolute atomic E-state index is 0.00749. The molecule has 13 heteroatoms. The number of hydrogen-bond acceptors (Lipinski definition) is 10. The van der Waals surface area contributed by atoms with Gasteiger partial charge in [0.2, 0.25) is 11.8 Å². The van der Waals surface area contributed by atoms with E-state index in [1.54, 1.807) is 0 Å². The van der Waals surface area contributed by atoms with Crippen LogP contribution in [0.1, 0.15) is 82.3 Å². The lowest BCUT2D eigenvalue weighted by Crippen LogP contribution is -2.56. The molecular weight excluding hydrogens is 787 g/mol. The molecule has 0 spiro atoms. The molecule has 13 nitrogen and oxygen atoms in total. The highest BCUT2D eigenvalue weighted by Gasteiger charge is 2.57. The quantitative estimate of drug-likeness (QED) is 0.223. The van der Waals surface area contributed by atoms with Crippen molar-refractivity contribution in [3.63, 3.8) is 0 Å². The summed E-state index contributed by atoms with van der Waals surface area (Å²) in [6.07, 6.45) is 10.4. The molecule has 0 bridgehead atoms. The van der Waals surface area contributed by atoms with Gasteiger partial charge in [0.25, 0.3) is 0 Å². The van der Waals surface area contributed by atoms with Crippen LogP contribution in [0.15, 0.2) is 64.2 Å². The standard InChI is InChI=1S/C49H57N5O8/c1-29-20-43(53(28-29)47(56)38(26-45(55)59-2)32-12-16-61-17-13-32)40-11-10-39(51-40)36-9-8-34-21-30(6-7-35(34)23-36)4-5-31-22-41(50-27-31)44-25-37-24-42(37)54(44)48(57)46(52-49(58)60-3)33-14-18-62-19-15-33/h6-10,21,23,27,29,32-33,37-38,42-44,46H,11-20,22,24-26,28H2,1-3H3,(H,52,58)/t29-,37+,38-,42+,43-,44-,46-/m0/s1. The van der Waals surface area contributed by atoms with Crippen molar-refractivity contribution in [2.45, 2.75) is 95.3 Å². The van der Waals surface area contributed by atoms with Gasteiger partial charge in [0, 0.05) is 86.2 Å². The second-order valence-corrected chi connectivity index (χ2v) is 18.2. The first-order chi connectivity index (χ1) is 30.2. The van der Waals surface area contributed by atoms with Crippen molar-refractivity contribution >= 4 is 51.8 Å². The molecule has 3 amide bonds. The van der Waals surface area contributed by atoms with Crippen molar-refractivity contribution in [3.8, 4) is 11.8 Å². The van der Waals surface area contributed by atoms with E-state index in [0.29, 0.717) is 70.5 Å². The molecule has 6 aliphatic heterocycles. The highest BCUT2D eigenvalue weighted by Crippen LogP contribution is 2.49. The Morgan fingerprint density at radius 2 is 1.60 bits per heavy atom. The molecule has 2 aromatic carbocycles. The van der Waals surface area contributed by atoms with Crippen LogP contribution in [0.3, 0.4) is 0 Å². The summed E-state index contributed by atoms with van der Waals surface area (Å²) in [6.45, 7) is 5.19. The summed E-state index contributed by atoms with van der Waals surface area (Å²) in [4.78, 5) is 67.2. The van der Waals surface area contributed by atoms with E-state index in [0.717, 1.165) is 76.7 Å². The largest absolute Gasteiger partial charge is 0.469 e. The lowest BCUT2D eigenvalue weighted by atomic mass is 9.82. The number of amides is 3. The first kappa shape index (κ1) is 42.0. The van der Waals surface area contributed by atoms with E-state index in [-0.39, 0.29) is 54.2 Å². The van der Waals surface area contributed by atoms with E-state index in [1.807, 2.05) is 22.1 Å². The van der Waals surface area contributed by atoms with Crippen molar-refractivity contribution in [3.05, 3.63) is 65.4 Å². The molecular formula is C49H57N5O8. The number of ether oxygens (including phenoxy) is 4. The topological polar surface area (TPSA) is 148 Å². The van der Waals surface area contributed by atoms with Crippen LogP contribution in [-0.4, -0.2) is 116 Å². The average molecular weight is 844 g/mol. The fourth-order valence-corrected chi connectivity index (χ4v) is 10.7. The third-order valence-corrected chi connectivity index (χ3v) is 14.2. The number of alkyl carbamates (subject to hydrolysis) is 1. The predicted molar refractivity (Wildman–Crippen MR) is 234 cm³/mol. The number of allylic oxidation sites excluding steroid dienone is 2. The van der Waals surface area contributed by atoms with Crippen LogP contribution in [0.25, 0.3) is 16.5 Å². The van der Waals surface area contributed by atoms with Gasteiger partial charge in [0.1, 0.15) is 6.04 Å². The molecule has 62 heavy (non-hydrogen) atoms. The lowest BCUT2D eigenvalue weighted by molar-refractivity contribution is -0.149. The summed E-state index contributed by atoms with van der Waals surface area (Å²) < 4.78 is 21.1. The summed E-state index contributed by atoms with van der Waals surface area (Å²) in [5.74, 6) is 6.80. The Kier molecular flexibility index (Phi) is 12.3. The van der Waals surface area contributed by atoms with E-state index in [9.17, 15) is 19.2 Å². The van der Waals surface area contributed by atoms with E-state index < -0.39 is 18.1 Å². The molecule has 6 heterocycles. The zero-order chi connectivity index (χ0) is 42.9. The second kappa shape index (κ2) is 18.2. The van der Waals surface area contributed by atoms with E-state index >= 15 is 0 Å². The number of esters is 1. The number of carbonyl (C=O) groups is 4. The van der Waals surface area contributed by atoms with Crippen molar-refractivity contribution in [2.24, 2.45) is 39.6 Å². The Morgan fingerprint density at radius 3 is 2.35 bits per heavy atom. The molecule has 9 rings (SSSR count). The monoisotopic (exact) mass is 843 g/mol. The Labute approximate surface area is 363 Å². The normalized spacial score (nSPS) is 27.0. The van der Waals surface area contributed by atoms with Gasteiger partial charge >= 0.3 is 12.1 Å². The SMILES string of the molecule is COC(=O)C[C@H](C(=O)N1C[C@@H](C)C[C@H]1C1=NC(c2ccc3cc(C#CC4=CN=C([C@@H]5C[C@H]6C[C@H]6N5C(=O)[C@@H](NC(=O)OC)C5CCOCC5)C4)ccc3c2)=CC1)C1CCOCC1. The Bertz CT molecular complexity index is 2290. The number of methoxy groups -OCH3 is 2. The number of rotatable bonds is 10. The molecule has 7 aliphatic rings. The molecule has 326 valence electrons. The van der Waals surface area contributed by atoms with Gasteiger partial charge in [-0.05, 0) is 97.6 Å². The molecule has 0 unspecified atom stereocenters. The molecule has 1 aliphatic carbocycles. The maximum absolute atomic E-state index is 14.2. The van der Waals surface area contributed by atoms with Gasteiger partial charge in [-0.25, -0.2) is 4.79 Å². The smallest absolute Gasteiger partial charge is 0.407 e. The number of nitrogens with one attached hydrogen (secondary N) is 1. The number of aliphatic imine (C=N–C) groups is 2. The Hall–Kier alpha value is -5.32. The summed E-state index contributed by atoms with van der Waals surface area (Å²) in [5, 5.41) is 5.02. The molecule has 0 aromatic heterocycles. The first-order valence-corrected chi connectivity index (χ1v) is 22.5. The minimum atomic E-state index is -0.655. The number of nitrogens with zero attached hydrogens (tertiary/aromatic N) is 4. The van der Waals surface area contributed by atoms with Crippen molar-refractivity contribution < 1.29 is 38.1 Å². The molecule has 1 saturated carbocycles. The number of piperidine rings is 1. The van der Waals surface area contributed by atoms with Gasteiger partial charge in [-0.1, -0.05) is 43.0 Å². The maximum Gasteiger partial charge on any atom is 0.407 e. The van der Waals surface area contributed by atoms with Gasteiger partial charge in [-0.15, -0.1) is 0 Å². The predicted octanol–water partition coefficient (Wildman–Crippen LogP) is 6.09. The van der Waals surface area contributed by atoms with Crippen molar-refractivity contribution in [1.29, 1.82) is 0 Å². The van der Waals surface area contributed by atoms with E-state index in [1.165, 1.54) is 14.2 Å². The van der Waals surface area contributed by atoms with Gasteiger partial charge in [-0.3, -0.25) is 24.4 Å². The highest BCUT2D eigenvalue weighted by molar-refractivity contribution is 6.03. The molecule has 4 saturated heterocycles. The number of benzene rings is 2. The summed E-state index contributed by atoms with van der Waals surface area (Å²) in [6, 6.07) is 11.9. The number of likely N-dealkylation sites (tertiary alicyclic amines) is 2. The number of carbonyl (C=O) groups excluding carboxylic acids is 4. The second-order valence-electron chi connectivity index (χ2n) is 18.2. The van der Waals surface area contributed by atoms with Crippen LogP contribution < -0.4 is 5.32 Å². The molecule has 7 atom stereocenters. The first-order valence-electron chi connectivity index (χ1n) is 22.5. The van der Waals surface area contributed by atoms with Gasteiger partial charge in [-0.2, -0.15) is 0 Å². The van der Waals surface area contributed by atoms with Gasteiger partial charge < -0.3 is 34.1 Å². The zero-order valence-corrected chi connectivity index (χ0v) is 36.0. The third kappa shape index (κ3) is 8.82. The van der Waals surface area contributed by atoms with Crippen molar-refractivity contribution in [2.75, 3.05) is 47.2 Å². The minimum Gasteiger partial charge on any atom is -0.469 e. The van der Waals surface area contributed by atoms with Crippen LogP contribution in [0.4, 0.5) is 4.79 Å². The van der Waals surface area contributed by atoms with E-state index in [2.05, 4.69) is 60.5 Å². The third-order valence-electron chi connectivity index (χ3n) is 14.2. The van der Waals surface area contributed by atoms with Crippen LogP contribution >= 0.6 is 0 Å². The van der Waals surface area contributed by atoms with Crippen LogP contribution in [0, 0.1) is 41.4 Å². The number of fused-ring (bicyclic) bond motifs is 2. The molecule has 2 aromatic rings. The number of hydrogen-bond donors (Lipinski definition) is 1. The molecule has 1 N–H and O–H groups in total. The van der Waals surface area contributed by atoms with Crippen molar-refractivity contribution in [1.82, 2.24) is 15.1 Å². The summed E-state index contributed by atoms with van der Waals surface area (Å²) in [5.41, 5.74) is 5.71. The summed E-state index contributed by atoms with van der Waals surface area (Å²) in [7, 11) is 2.71. The highest BCUT2D eigenvalue weighted by atomic mass is 16.5. The van der Waals surface area contributed by atoms with Crippen LogP contribution in [0.2, 0.25) is 0 Å².